The number of alkyl halides is 1. The number of nitrogens with zero attached hydrogens (tertiary/aromatic N) is 1. The molecule has 0 saturated carbocycles. The van der Waals surface area contributed by atoms with Crippen molar-refractivity contribution >= 4 is 12.1 Å². The predicted octanol–water partition coefficient (Wildman–Crippen LogP) is 2.14. The van der Waals surface area contributed by atoms with Gasteiger partial charge in [0.15, 0.2) is 0 Å². The average Bonchev–Trinajstić information content (AvgIpc) is 2.33. The van der Waals surface area contributed by atoms with Gasteiger partial charge < -0.3 is 14.4 Å². The van der Waals surface area contributed by atoms with E-state index in [-0.39, 0.29) is 6.54 Å². The lowest BCUT2D eigenvalue weighted by Gasteiger charge is -2.40. The zero-order valence-electron chi connectivity index (χ0n) is 14.7. The Morgan fingerprint density at radius 2 is 2.11 bits per heavy atom. The monoisotopic (exact) mass is 278 g/mol. The summed E-state index contributed by atoms with van der Waals surface area (Å²) >= 11 is 0. The summed E-state index contributed by atoms with van der Waals surface area (Å²) < 4.78 is 46.5. The third-order valence-electron chi connectivity index (χ3n) is 2.68. The van der Waals surface area contributed by atoms with Gasteiger partial charge in [0.1, 0.15) is 11.8 Å². The van der Waals surface area contributed by atoms with E-state index in [4.69, 9.17) is 8.85 Å². The Labute approximate surface area is 117 Å². The highest BCUT2D eigenvalue weighted by molar-refractivity contribution is 5.78. The molecule has 2 unspecified atom stereocenters. The van der Waals surface area contributed by atoms with E-state index in [9.17, 15) is 14.0 Å². The fraction of sp³-hybridized carbons (Fsp3) is 0.846. The molecule has 110 valence electrons. The molecule has 2 atom stereocenters. The molecule has 1 rings (SSSR count). The molecule has 0 aromatic carbocycles. The summed E-state index contributed by atoms with van der Waals surface area (Å²) in [6.45, 7) is 1.33. The fourth-order valence-corrected chi connectivity index (χ4v) is 1.95. The van der Waals surface area contributed by atoms with Gasteiger partial charge >= 0.3 is 12.1 Å². The van der Waals surface area contributed by atoms with E-state index in [0.717, 1.165) is 12.0 Å². The van der Waals surface area contributed by atoms with E-state index in [1.54, 1.807) is 20.8 Å². The van der Waals surface area contributed by atoms with Gasteiger partial charge in [0.05, 0.1) is 19.1 Å². The van der Waals surface area contributed by atoms with E-state index in [0.29, 0.717) is 0 Å². The highest BCUT2D eigenvalue weighted by Crippen LogP contribution is 2.33. The van der Waals surface area contributed by atoms with Gasteiger partial charge in [-0.25, -0.2) is 9.18 Å². The van der Waals surface area contributed by atoms with Crippen molar-refractivity contribution in [2.75, 3.05) is 20.2 Å². The van der Waals surface area contributed by atoms with Gasteiger partial charge in [0.25, 0.3) is 0 Å². The highest BCUT2D eigenvalue weighted by Gasteiger charge is 2.45. The number of hydrogen-bond acceptors (Lipinski definition) is 4. The second-order valence-electron chi connectivity index (χ2n) is 5.74. The number of halogens is 1. The van der Waals surface area contributed by atoms with Crippen LogP contribution in [0, 0.1) is 5.41 Å². The highest BCUT2D eigenvalue weighted by atomic mass is 19.1. The third kappa shape index (κ3) is 4.08. The quantitative estimate of drug-likeness (QED) is 0.690. The first-order valence-electron chi connectivity index (χ1n) is 7.53. The van der Waals surface area contributed by atoms with Crippen LogP contribution in [0.5, 0.6) is 0 Å². The van der Waals surface area contributed by atoms with Gasteiger partial charge in [0, 0.05) is 10.7 Å². The summed E-state index contributed by atoms with van der Waals surface area (Å²) in [5.41, 5.74) is -2.90. The number of methoxy groups -OCH3 is 1. The van der Waals surface area contributed by atoms with Crippen LogP contribution < -0.4 is 0 Å². The lowest BCUT2D eigenvalue weighted by atomic mass is 9.81. The summed E-state index contributed by atoms with van der Waals surface area (Å²) in [6.07, 6.45) is -3.02. The maximum atomic E-state index is 14.0. The predicted molar refractivity (Wildman–Crippen MR) is 67.4 cm³/mol. The van der Waals surface area contributed by atoms with E-state index in [2.05, 4.69) is 4.74 Å². The second kappa shape index (κ2) is 5.35. The molecule has 1 fully saturated rings. The van der Waals surface area contributed by atoms with E-state index >= 15 is 0 Å². The summed E-state index contributed by atoms with van der Waals surface area (Å²) in [5.74, 6) is -1.05. The zero-order valence-corrected chi connectivity index (χ0v) is 11.7. The molecule has 6 heteroatoms. The number of ether oxygens (including phenoxy) is 2. The molecule has 0 N–H and O–H groups in total. The molecule has 0 aromatic rings. The molecule has 5 nitrogen and oxygen atoms in total. The van der Waals surface area contributed by atoms with E-state index in [1.165, 1.54) is 0 Å². The largest absolute Gasteiger partial charge is 0.469 e. The van der Waals surface area contributed by atoms with E-state index in [1.807, 2.05) is 0 Å². The normalized spacial score (nSPS) is 30.9. The summed E-state index contributed by atoms with van der Waals surface area (Å²) in [7, 11) is 1.04. The first-order valence-corrected chi connectivity index (χ1v) is 6.03. The first-order chi connectivity index (χ1) is 9.82. The molecule has 0 spiro atoms. The zero-order chi connectivity index (χ0) is 17.3. The van der Waals surface area contributed by atoms with Crippen molar-refractivity contribution in [1.29, 1.82) is 0 Å². The van der Waals surface area contributed by atoms with Gasteiger partial charge in [-0.05, 0) is 34.0 Å². The van der Waals surface area contributed by atoms with Crippen molar-refractivity contribution in [3.8, 4) is 0 Å². The number of piperidine rings is 1. The van der Waals surface area contributed by atoms with Crippen molar-refractivity contribution in [3.05, 3.63) is 0 Å². The first kappa shape index (κ1) is 11.5. The smallest absolute Gasteiger partial charge is 0.410 e. The standard InChI is InChI=1S/C13H22FNO4/c1-12(2,3)19-11(17)15-7-9(14)6-13(4,8-15)10(16)18-5/h9H,6-8H2,1-5H3/i4D3. The van der Waals surface area contributed by atoms with Crippen LogP contribution in [0.4, 0.5) is 9.18 Å². The molecular formula is C13H22FNO4. The van der Waals surface area contributed by atoms with Gasteiger partial charge in [-0.1, -0.05) is 0 Å². The Hall–Kier alpha value is -1.33. The van der Waals surface area contributed by atoms with Crippen molar-refractivity contribution in [2.45, 2.75) is 45.8 Å². The number of rotatable bonds is 1. The van der Waals surface area contributed by atoms with Gasteiger partial charge in [-0.2, -0.15) is 0 Å². The maximum absolute atomic E-state index is 14.0. The van der Waals surface area contributed by atoms with Crippen molar-refractivity contribution in [1.82, 2.24) is 4.90 Å². The molecule has 0 aromatic heterocycles. The molecule has 0 radical (unpaired) electrons. The minimum atomic E-state index is -2.80. The topological polar surface area (TPSA) is 55.8 Å². The summed E-state index contributed by atoms with van der Waals surface area (Å²) in [4.78, 5) is 25.0. The minimum absolute atomic E-state index is 0.316. The lowest BCUT2D eigenvalue weighted by molar-refractivity contribution is -0.156. The molecule has 19 heavy (non-hydrogen) atoms. The van der Waals surface area contributed by atoms with Gasteiger partial charge in [-0.3, -0.25) is 4.79 Å². The second-order valence-corrected chi connectivity index (χ2v) is 5.74. The lowest BCUT2D eigenvalue weighted by Crippen LogP contribution is -2.53. The SMILES string of the molecule is [2H]C([2H])([2H])C1(C(=O)OC)CC(F)CN(C(=O)OC(C)(C)C)C1. The number of amides is 1. The Morgan fingerprint density at radius 3 is 2.58 bits per heavy atom. The number of carbonyl (C=O) groups excluding carboxylic acids is 2. The van der Waals surface area contributed by atoms with Crippen LogP contribution in [-0.2, 0) is 14.3 Å². The number of likely N-dealkylation sites (tertiary alicyclic amines) is 1. The maximum Gasteiger partial charge on any atom is 0.410 e. The van der Waals surface area contributed by atoms with E-state index < -0.39 is 49.1 Å². The van der Waals surface area contributed by atoms with Crippen LogP contribution in [0.3, 0.4) is 0 Å². The van der Waals surface area contributed by atoms with Gasteiger partial charge in [0.2, 0.25) is 0 Å². The number of esters is 1. The summed E-state index contributed by atoms with van der Waals surface area (Å²) in [5, 5.41) is 0. The Balaban J connectivity index is 3.11. The van der Waals surface area contributed by atoms with Crippen molar-refractivity contribution in [2.24, 2.45) is 5.41 Å². The Kier molecular flexibility index (Phi) is 3.23. The molecule has 0 aliphatic carbocycles. The minimum Gasteiger partial charge on any atom is -0.469 e. The third-order valence-corrected chi connectivity index (χ3v) is 2.68. The van der Waals surface area contributed by atoms with Crippen molar-refractivity contribution in [3.63, 3.8) is 0 Å². The molecule has 1 amide bonds. The Bertz CT molecular complexity index is 450. The molecule has 1 heterocycles. The van der Waals surface area contributed by atoms with Crippen LogP contribution >= 0.6 is 0 Å². The molecular weight excluding hydrogens is 253 g/mol. The molecule has 1 saturated heterocycles. The summed E-state index contributed by atoms with van der Waals surface area (Å²) in [6, 6.07) is 0. The van der Waals surface area contributed by atoms with Crippen LogP contribution in [0.25, 0.3) is 0 Å². The fourth-order valence-electron chi connectivity index (χ4n) is 1.95. The van der Waals surface area contributed by atoms with Crippen LogP contribution in [0.15, 0.2) is 0 Å². The van der Waals surface area contributed by atoms with Crippen LogP contribution in [0.1, 0.15) is 38.2 Å². The molecule has 1 aliphatic rings. The number of hydrogen-bond donors (Lipinski definition) is 0. The van der Waals surface area contributed by atoms with Crippen molar-refractivity contribution < 1.29 is 27.6 Å². The van der Waals surface area contributed by atoms with Gasteiger partial charge in [-0.15, -0.1) is 0 Å². The van der Waals surface area contributed by atoms with Crippen LogP contribution in [0.2, 0.25) is 0 Å². The molecule has 1 aliphatic heterocycles. The Morgan fingerprint density at radius 1 is 1.47 bits per heavy atom. The van der Waals surface area contributed by atoms with Crippen LogP contribution in [-0.4, -0.2) is 48.9 Å². The number of carbonyl (C=O) groups is 2. The average molecular weight is 278 g/mol. The molecule has 0 bridgehead atoms.